The van der Waals surface area contributed by atoms with E-state index in [0.717, 1.165) is 0 Å². The molecule has 1 aromatic carbocycles. The highest BCUT2D eigenvalue weighted by atomic mass is 32.2. The molecule has 6 nitrogen and oxygen atoms in total. The number of nitrogens with zero attached hydrogens (tertiary/aromatic N) is 3. The van der Waals surface area contributed by atoms with Gasteiger partial charge in [-0.1, -0.05) is 23.3 Å². The van der Waals surface area contributed by atoms with Crippen LogP contribution in [-0.2, 0) is 9.84 Å². The lowest BCUT2D eigenvalue weighted by Gasteiger charge is -1.98. The van der Waals surface area contributed by atoms with Gasteiger partial charge in [-0.3, -0.25) is 0 Å². The average Bonchev–Trinajstić information content (AvgIpc) is 2.67. The second kappa shape index (κ2) is 3.35. The lowest BCUT2D eigenvalue weighted by molar-refractivity contribution is 0.257. The Morgan fingerprint density at radius 2 is 1.67 bits per heavy atom. The van der Waals surface area contributed by atoms with Crippen LogP contribution in [0.4, 0.5) is 4.79 Å². The maximum atomic E-state index is 11.7. The zero-order valence-corrected chi connectivity index (χ0v) is 8.18. The summed E-state index contributed by atoms with van der Waals surface area (Å²) in [5.74, 6) is 0. The standard InChI is InChI=1S/C8H5N3O3S/c12-7-9-8(11-10-7)15(13,14)6-4-2-1-3-5-6/h1-5H. The molecule has 2 amide bonds. The van der Waals surface area contributed by atoms with E-state index < -0.39 is 21.0 Å². The van der Waals surface area contributed by atoms with Gasteiger partial charge in [-0.2, -0.15) is 4.99 Å². The zero-order valence-electron chi connectivity index (χ0n) is 7.36. The summed E-state index contributed by atoms with van der Waals surface area (Å²) in [6, 6.07) is 6.72. The molecule has 0 saturated carbocycles. The lowest BCUT2D eigenvalue weighted by atomic mass is 10.4. The Morgan fingerprint density at radius 1 is 1.00 bits per heavy atom. The van der Waals surface area contributed by atoms with E-state index in [1.165, 1.54) is 12.1 Å². The van der Waals surface area contributed by atoms with Crippen molar-refractivity contribution in [3.63, 3.8) is 0 Å². The summed E-state index contributed by atoms with van der Waals surface area (Å²) in [6.07, 6.45) is 0. The third-order valence-corrected chi connectivity index (χ3v) is 3.25. The van der Waals surface area contributed by atoms with Gasteiger partial charge in [0.2, 0.25) is 9.84 Å². The van der Waals surface area contributed by atoms with Crippen LogP contribution in [0.1, 0.15) is 0 Å². The van der Waals surface area contributed by atoms with Gasteiger partial charge < -0.3 is 0 Å². The van der Waals surface area contributed by atoms with Gasteiger partial charge in [0, 0.05) is 0 Å². The van der Waals surface area contributed by atoms with E-state index in [4.69, 9.17) is 0 Å². The Morgan fingerprint density at radius 3 is 2.20 bits per heavy atom. The van der Waals surface area contributed by atoms with Crippen molar-refractivity contribution in [1.82, 2.24) is 0 Å². The van der Waals surface area contributed by atoms with E-state index in [2.05, 4.69) is 15.2 Å². The molecule has 0 radical (unpaired) electrons. The first-order valence-corrected chi connectivity index (χ1v) is 5.43. The summed E-state index contributed by atoms with van der Waals surface area (Å²) in [5.41, 5.74) is 0. The lowest BCUT2D eigenvalue weighted by Crippen LogP contribution is -2.11. The Balaban J connectivity index is 2.51. The number of rotatable bonds is 1. The molecule has 1 aromatic rings. The van der Waals surface area contributed by atoms with E-state index >= 15 is 0 Å². The molecular weight excluding hydrogens is 218 g/mol. The first-order chi connectivity index (χ1) is 7.10. The van der Waals surface area contributed by atoms with Crippen molar-refractivity contribution in [2.75, 3.05) is 0 Å². The third kappa shape index (κ3) is 1.68. The molecule has 0 atom stereocenters. The maximum absolute atomic E-state index is 11.7. The highest BCUT2D eigenvalue weighted by Gasteiger charge is 2.26. The summed E-state index contributed by atoms with van der Waals surface area (Å²) in [5, 5.41) is 5.66. The minimum absolute atomic E-state index is 0.0393. The monoisotopic (exact) mass is 223 g/mol. The number of aliphatic imine (C=N–C) groups is 1. The first-order valence-electron chi connectivity index (χ1n) is 3.95. The van der Waals surface area contributed by atoms with Gasteiger partial charge in [0.1, 0.15) is 0 Å². The molecule has 7 heteroatoms. The fourth-order valence-corrected chi connectivity index (χ4v) is 2.10. The predicted molar refractivity (Wildman–Crippen MR) is 51.3 cm³/mol. The van der Waals surface area contributed by atoms with E-state index in [0.29, 0.717) is 0 Å². The van der Waals surface area contributed by atoms with Crippen molar-refractivity contribution in [2.24, 2.45) is 15.2 Å². The van der Waals surface area contributed by atoms with E-state index in [9.17, 15) is 13.2 Å². The van der Waals surface area contributed by atoms with Crippen molar-refractivity contribution in [3.05, 3.63) is 30.3 Å². The van der Waals surface area contributed by atoms with Crippen LogP contribution in [0.5, 0.6) is 0 Å². The topological polar surface area (TPSA) is 88.3 Å². The molecule has 0 saturated heterocycles. The van der Waals surface area contributed by atoms with E-state index in [-0.39, 0.29) is 4.90 Å². The number of amidine groups is 1. The van der Waals surface area contributed by atoms with Gasteiger partial charge in [-0.05, 0) is 12.1 Å². The quantitative estimate of drug-likeness (QED) is 0.720. The Labute approximate surface area is 85.3 Å². The molecular formula is C8H5N3O3S. The third-order valence-electron chi connectivity index (χ3n) is 1.71. The highest BCUT2D eigenvalue weighted by Crippen LogP contribution is 2.15. The minimum atomic E-state index is -3.80. The molecule has 15 heavy (non-hydrogen) atoms. The number of amides is 2. The Kier molecular flexibility index (Phi) is 2.16. The summed E-state index contributed by atoms with van der Waals surface area (Å²) in [7, 11) is -3.80. The zero-order chi connectivity index (χ0) is 10.9. The van der Waals surface area contributed by atoms with Crippen LogP contribution < -0.4 is 0 Å². The van der Waals surface area contributed by atoms with Crippen LogP contribution in [0.15, 0.2) is 50.4 Å². The fraction of sp³-hybridized carbons (Fsp3) is 0. The van der Waals surface area contributed by atoms with Gasteiger partial charge in [-0.15, -0.1) is 5.11 Å². The molecule has 0 unspecified atom stereocenters. The molecule has 0 aromatic heterocycles. The summed E-state index contributed by atoms with van der Waals surface area (Å²) in [4.78, 5) is 13.9. The van der Waals surface area contributed by atoms with Crippen LogP contribution in [0.3, 0.4) is 0 Å². The summed E-state index contributed by atoms with van der Waals surface area (Å²) in [6.45, 7) is 0. The van der Waals surface area contributed by atoms with Crippen LogP contribution >= 0.6 is 0 Å². The second-order valence-electron chi connectivity index (χ2n) is 2.69. The fourth-order valence-electron chi connectivity index (χ4n) is 1.03. The predicted octanol–water partition coefficient (Wildman–Crippen LogP) is 1.40. The number of carbonyl (C=O) groups is 1. The normalized spacial score (nSPS) is 15.5. The largest absolute Gasteiger partial charge is 0.388 e. The number of sulfone groups is 1. The molecule has 0 spiro atoms. The van der Waals surface area contributed by atoms with Crippen molar-refractivity contribution in [1.29, 1.82) is 0 Å². The molecule has 0 fully saturated rings. The molecule has 1 heterocycles. The van der Waals surface area contributed by atoms with Gasteiger partial charge in [0.15, 0.2) is 0 Å². The molecule has 0 N–H and O–H groups in total. The summed E-state index contributed by atoms with van der Waals surface area (Å²) >= 11 is 0. The smallest absolute Gasteiger partial charge is 0.242 e. The van der Waals surface area contributed by atoms with E-state index in [1.54, 1.807) is 18.2 Å². The number of azo groups is 1. The number of urea groups is 1. The summed E-state index contributed by atoms with van der Waals surface area (Å²) < 4.78 is 23.5. The van der Waals surface area contributed by atoms with Crippen LogP contribution in [0.2, 0.25) is 0 Å². The van der Waals surface area contributed by atoms with Crippen LogP contribution in [-0.4, -0.2) is 19.6 Å². The average molecular weight is 223 g/mol. The Bertz CT molecular complexity index is 560. The maximum Gasteiger partial charge on any atom is 0.388 e. The van der Waals surface area contributed by atoms with Gasteiger partial charge in [0.25, 0.3) is 5.17 Å². The molecule has 0 bridgehead atoms. The van der Waals surface area contributed by atoms with Crippen molar-refractivity contribution < 1.29 is 13.2 Å². The van der Waals surface area contributed by atoms with Gasteiger partial charge in [-0.25, -0.2) is 13.2 Å². The number of benzene rings is 1. The van der Waals surface area contributed by atoms with Crippen molar-refractivity contribution >= 4 is 21.0 Å². The molecule has 0 aliphatic carbocycles. The van der Waals surface area contributed by atoms with Crippen LogP contribution in [0.25, 0.3) is 0 Å². The molecule has 1 aliphatic rings. The van der Waals surface area contributed by atoms with Crippen LogP contribution in [0, 0.1) is 0 Å². The first kappa shape index (κ1) is 9.66. The van der Waals surface area contributed by atoms with E-state index in [1.807, 2.05) is 0 Å². The van der Waals surface area contributed by atoms with Gasteiger partial charge >= 0.3 is 6.03 Å². The van der Waals surface area contributed by atoms with Gasteiger partial charge in [0.05, 0.1) is 4.90 Å². The SMILES string of the molecule is O=C1N=NC(S(=O)(=O)c2ccccc2)=N1. The van der Waals surface area contributed by atoms with Crippen molar-refractivity contribution in [2.45, 2.75) is 4.90 Å². The molecule has 1 aliphatic heterocycles. The number of carbonyl (C=O) groups excluding carboxylic acids is 1. The highest BCUT2D eigenvalue weighted by molar-refractivity contribution is 8.06. The number of hydrogen-bond acceptors (Lipinski definition) is 4. The minimum Gasteiger partial charge on any atom is -0.242 e. The number of hydrogen-bond donors (Lipinski definition) is 0. The second-order valence-corrected chi connectivity index (χ2v) is 4.54. The molecule has 2 rings (SSSR count). The molecule has 76 valence electrons. The Hall–Kier alpha value is -1.89. The van der Waals surface area contributed by atoms with Crippen molar-refractivity contribution in [3.8, 4) is 0 Å².